The van der Waals surface area contributed by atoms with Crippen LogP contribution >= 0.6 is 0 Å². The zero-order chi connectivity index (χ0) is 15.4. The molecule has 0 aliphatic heterocycles. The molecular weight excluding hydrogens is 269 g/mol. The van der Waals surface area contributed by atoms with E-state index in [9.17, 15) is 4.39 Å². The Hall–Kier alpha value is -2.01. The maximum atomic E-state index is 13.3. The van der Waals surface area contributed by atoms with Crippen molar-refractivity contribution >= 4 is 0 Å². The van der Waals surface area contributed by atoms with Crippen molar-refractivity contribution in [1.29, 1.82) is 0 Å². The number of rotatable bonds is 5. The van der Waals surface area contributed by atoms with Crippen molar-refractivity contribution in [3.05, 3.63) is 46.4 Å². The minimum atomic E-state index is -0.261. The van der Waals surface area contributed by atoms with Gasteiger partial charge < -0.3 is 10.5 Å². The number of benzene rings is 1. The van der Waals surface area contributed by atoms with Gasteiger partial charge in [-0.25, -0.2) is 4.39 Å². The second kappa shape index (κ2) is 6.63. The smallest absolute Gasteiger partial charge is 0.243 e. The molecule has 2 aromatic rings. The van der Waals surface area contributed by atoms with Crippen LogP contribution in [0.3, 0.4) is 0 Å². The fraction of sp³-hybridized carbons (Fsp3) is 0.375. The van der Waals surface area contributed by atoms with E-state index in [0.717, 1.165) is 29.7 Å². The summed E-state index contributed by atoms with van der Waals surface area (Å²) in [4.78, 5) is 0. The Bertz CT molecular complexity index is 644. The molecule has 0 unspecified atom stereocenters. The topological polar surface area (TPSA) is 61.0 Å². The van der Waals surface area contributed by atoms with Crippen LogP contribution in [0, 0.1) is 12.7 Å². The van der Waals surface area contributed by atoms with E-state index in [1.54, 1.807) is 19.1 Å². The van der Waals surface area contributed by atoms with Crippen LogP contribution in [0.25, 0.3) is 0 Å². The summed E-state index contributed by atoms with van der Waals surface area (Å²) in [6, 6.07) is 4.59. The van der Waals surface area contributed by atoms with Crippen LogP contribution < -0.4 is 10.5 Å². The first-order valence-corrected chi connectivity index (χ1v) is 7.12. The van der Waals surface area contributed by atoms with Crippen LogP contribution in [0.15, 0.2) is 18.2 Å². The van der Waals surface area contributed by atoms with E-state index in [4.69, 9.17) is 10.5 Å². The van der Waals surface area contributed by atoms with Crippen molar-refractivity contribution < 1.29 is 9.13 Å². The second-order valence-corrected chi connectivity index (χ2v) is 4.83. The van der Waals surface area contributed by atoms with E-state index in [0.29, 0.717) is 23.7 Å². The van der Waals surface area contributed by atoms with Crippen molar-refractivity contribution in [2.24, 2.45) is 5.73 Å². The first kappa shape index (κ1) is 15.4. The molecule has 1 aromatic heterocycles. The molecule has 0 amide bonds. The lowest BCUT2D eigenvalue weighted by Crippen LogP contribution is -2.10. The second-order valence-electron chi connectivity index (χ2n) is 4.83. The molecule has 0 fully saturated rings. The molecule has 21 heavy (non-hydrogen) atoms. The summed E-state index contributed by atoms with van der Waals surface area (Å²) in [6.07, 6.45) is 1.63. The molecule has 1 aromatic carbocycles. The Balaban J connectivity index is 2.41. The van der Waals surface area contributed by atoms with E-state index in [1.807, 2.05) is 6.92 Å². The first-order valence-electron chi connectivity index (χ1n) is 7.12. The standard InChI is InChI=1S/C16H20FN3O/c1-4-12-13(9-18)16(20-19-15(12)5-2)21-11-6-7-14(17)10(3)8-11/h6-8H,4-5,9,18H2,1-3H3. The van der Waals surface area contributed by atoms with Gasteiger partial charge in [-0.15, -0.1) is 5.10 Å². The van der Waals surface area contributed by atoms with Gasteiger partial charge in [0, 0.05) is 12.1 Å². The van der Waals surface area contributed by atoms with E-state index >= 15 is 0 Å². The molecule has 0 saturated carbocycles. The maximum absolute atomic E-state index is 13.3. The molecule has 112 valence electrons. The zero-order valence-electron chi connectivity index (χ0n) is 12.6. The molecule has 0 radical (unpaired) electrons. The average Bonchev–Trinajstić information content (AvgIpc) is 2.50. The average molecular weight is 289 g/mol. The predicted molar refractivity (Wildman–Crippen MR) is 79.9 cm³/mol. The molecule has 0 spiro atoms. The largest absolute Gasteiger partial charge is 0.437 e. The lowest BCUT2D eigenvalue weighted by Gasteiger charge is -2.14. The van der Waals surface area contributed by atoms with Gasteiger partial charge >= 0.3 is 0 Å². The Kier molecular flexibility index (Phi) is 4.85. The monoisotopic (exact) mass is 289 g/mol. The van der Waals surface area contributed by atoms with Crippen LogP contribution in [-0.2, 0) is 19.4 Å². The quantitative estimate of drug-likeness (QED) is 0.917. The molecule has 2 rings (SSSR count). The number of aromatic nitrogens is 2. The fourth-order valence-electron chi connectivity index (χ4n) is 2.32. The summed E-state index contributed by atoms with van der Waals surface area (Å²) in [5.74, 6) is 0.671. The van der Waals surface area contributed by atoms with Gasteiger partial charge in [-0.05, 0) is 49.1 Å². The van der Waals surface area contributed by atoms with Gasteiger partial charge in [-0.3, -0.25) is 0 Å². The van der Waals surface area contributed by atoms with Crippen LogP contribution in [-0.4, -0.2) is 10.2 Å². The third-order valence-electron chi connectivity index (χ3n) is 3.47. The van der Waals surface area contributed by atoms with Gasteiger partial charge in [0.1, 0.15) is 11.6 Å². The number of hydrogen-bond acceptors (Lipinski definition) is 4. The van der Waals surface area contributed by atoms with E-state index in [-0.39, 0.29) is 5.82 Å². The van der Waals surface area contributed by atoms with E-state index < -0.39 is 0 Å². The molecular formula is C16H20FN3O. The van der Waals surface area contributed by atoms with Gasteiger partial charge in [0.15, 0.2) is 0 Å². The molecule has 0 aliphatic rings. The highest BCUT2D eigenvalue weighted by molar-refractivity contribution is 5.40. The molecule has 0 atom stereocenters. The predicted octanol–water partition coefficient (Wildman–Crippen LogP) is 3.30. The molecule has 2 N–H and O–H groups in total. The van der Waals surface area contributed by atoms with Crippen molar-refractivity contribution in [2.45, 2.75) is 40.2 Å². The Labute approximate surface area is 124 Å². The number of nitrogens with two attached hydrogens (primary N) is 1. The molecule has 0 saturated heterocycles. The summed E-state index contributed by atoms with van der Waals surface area (Å²) < 4.78 is 19.1. The lowest BCUT2D eigenvalue weighted by molar-refractivity contribution is 0.443. The van der Waals surface area contributed by atoms with Crippen molar-refractivity contribution in [1.82, 2.24) is 10.2 Å². The Morgan fingerprint density at radius 3 is 2.48 bits per heavy atom. The van der Waals surface area contributed by atoms with Gasteiger partial charge in [0.05, 0.1) is 5.69 Å². The normalized spacial score (nSPS) is 10.7. The van der Waals surface area contributed by atoms with Crippen molar-refractivity contribution in [2.75, 3.05) is 0 Å². The third-order valence-corrected chi connectivity index (χ3v) is 3.47. The van der Waals surface area contributed by atoms with Gasteiger partial charge in [-0.1, -0.05) is 13.8 Å². The zero-order valence-corrected chi connectivity index (χ0v) is 12.6. The summed E-state index contributed by atoms with van der Waals surface area (Å²) in [6.45, 7) is 6.12. The van der Waals surface area contributed by atoms with Crippen molar-refractivity contribution in [3.63, 3.8) is 0 Å². The highest BCUT2D eigenvalue weighted by atomic mass is 19.1. The molecule has 5 heteroatoms. The molecule has 1 heterocycles. The number of nitrogens with zero attached hydrogens (tertiary/aromatic N) is 2. The van der Waals surface area contributed by atoms with Crippen LogP contribution in [0.5, 0.6) is 11.6 Å². The minimum Gasteiger partial charge on any atom is -0.437 e. The van der Waals surface area contributed by atoms with Crippen LogP contribution in [0.2, 0.25) is 0 Å². The summed E-state index contributed by atoms with van der Waals surface area (Å²) in [7, 11) is 0. The van der Waals surface area contributed by atoms with E-state index in [1.165, 1.54) is 6.07 Å². The lowest BCUT2D eigenvalue weighted by atomic mass is 10.0. The summed E-state index contributed by atoms with van der Waals surface area (Å²) in [5, 5.41) is 8.34. The fourth-order valence-corrected chi connectivity index (χ4v) is 2.32. The van der Waals surface area contributed by atoms with Crippen LogP contribution in [0.1, 0.15) is 36.2 Å². The highest BCUT2D eigenvalue weighted by Gasteiger charge is 2.15. The molecule has 0 aliphatic carbocycles. The van der Waals surface area contributed by atoms with Gasteiger partial charge in [0.2, 0.25) is 5.88 Å². The summed E-state index contributed by atoms with van der Waals surface area (Å²) in [5.41, 5.74) is 9.27. The van der Waals surface area contributed by atoms with Crippen LogP contribution in [0.4, 0.5) is 4.39 Å². The summed E-state index contributed by atoms with van der Waals surface area (Å²) >= 11 is 0. The minimum absolute atomic E-state index is 0.261. The maximum Gasteiger partial charge on any atom is 0.243 e. The first-order chi connectivity index (χ1) is 10.1. The third kappa shape index (κ3) is 3.19. The molecule has 0 bridgehead atoms. The number of ether oxygens (including phenoxy) is 1. The Morgan fingerprint density at radius 2 is 1.90 bits per heavy atom. The van der Waals surface area contributed by atoms with Gasteiger partial charge in [-0.2, -0.15) is 5.10 Å². The van der Waals surface area contributed by atoms with Gasteiger partial charge in [0.25, 0.3) is 0 Å². The SMILES string of the molecule is CCc1nnc(Oc2ccc(F)c(C)c2)c(CN)c1CC. The number of hydrogen-bond donors (Lipinski definition) is 1. The van der Waals surface area contributed by atoms with E-state index in [2.05, 4.69) is 17.1 Å². The highest BCUT2D eigenvalue weighted by Crippen LogP contribution is 2.27. The Morgan fingerprint density at radius 1 is 1.14 bits per heavy atom. The van der Waals surface area contributed by atoms with Crippen molar-refractivity contribution in [3.8, 4) is 11.6 Å². The molecule has 4 nitrogen and oxygen atoms in total. The number of aryl methyl sites for hydroxylation is 2. The number of halogens is 1.